The van der Waals surface area contributed by atoms with E-state index in [4.69, 9.17) is 0 Å². The van der Waals surface area contributed by atoms with E-state index in [0.29, 0.717) is 16.9 Å². The van der Waals surface area contributed by atoms with Gasteiger partial charge in [0.1, 0.15) is 0 Å². The molecule has 0 fully saturated rings. The van der Waals surface area contributed by atoms with Crippen LogP contribution in [0.25, 0.3) is 11.0 Å². The van der Waals surface area contributed by atoms with Crippen LogP contribution in [-0.2, 0) is 17.1 Å². The maximum atomic E-state index is 12.8. The lowest BCUT2D eigenvalue weighted by Gasteiger charge is -2.12. The van der Waals surface area contributed by atoms with Gasteiger partial charge in [0.2, 0.25) is 0 Å². The van der Waals surface area contributed by atoms with Crippen molar-refractivity contribution in [2.75, 3.05) is 10.0 Å². The van der Waals surface area contributed by atoms with Crippen molar-refractivity contribution in [1.29, 1.82) is 0 Å². The summed E-state index contributed by atoms with van der Waals surface area (Å²) in [6.07, 6.45) is 1.67. The van der Waals surface area contributed by atoms with E-state index < -0.39 is 21.6 Å². The van der Waals surface area contributed by atoms with E-state index >= 15 is 0 Å². The molecule has 0 unspecified atom stereocenters. The van der Waals surface area contributed by atoms with Crippen LogP contribution < -0.4 is 15.7 Å². The van der Waals surface area contributed by atoms with E-state index in [1.54, 1.807) is 31.4 Å². The second-order valence-corrected chi connectivity index (χ2v) is 7.95. The highest BCUT2D eigenvalue weighted by molar-refractivity contribution is 7.92. The topological polar surface area (TPSA) is 142 Å². The van der Waals surface area contributed by atoms with Gasteiger partial charge in [-0.15, -0.1) is 0 Å². The number of para-hydroxylation sites is 1. The number of hydrogen-bond donors (Lipinski definition) is 4. The zero-order valence-corrected chi connectivity index (χ0v) is 15.9. The molecule has 4 aromatic rings. The molecule has 4 N–H and O–H groups in total. The molecule has 0 bridgehead atoms. The number of nitrogens with one attached hydrogen (secondary N) is 4. The van der Waals surface area contributed by atoms with E-state index in [-0.39, 0.29) is 16.1 Å². The van der Waals surface area contributed by atoms with Crippen LogP contribution >= 0.6 is 0 Å². The molecule has 0 radical (unpaired) electrons. The minimum atomic E-state index is -4.01. The predicted molar refractivity (Wildman–Crippen MR) is 107 cm³/mol. The number of aromatic amines is 2. The Labute approximate surface area is 164 Å². The Morgan fingerprint density at radius 3 is 2.59 bits per heavy atom. The van der Waals surface area contributed by atoms with Crippen molar-refractivity contribution >= 4 is 38.5 Å². The fourth-order valence-corrected chi connectivity index (χ4v) is 3.92. The van der Waals surface area contributed by atoms with Gasteiger partial charge in [0, 0.05) is 19.3 Å². The Balaban J connectivity index is 1.64. The van der Waals surface area contributed by atoms with Gasteiger partial charge in [-0.05, 0) is 30.3 Å². The molecular formula is C18H16N6O4S. The van der Waals surface area contributed by atoms with Crippen molar-refractivity contribution in [3.05, 3.63) is 70.8 Å². The van der Waals surface area contributed by atoms with E-state index in [1.807, 2.05) is 0 Å². The molecule has 4 rings (SSSR count). The fraction of sp³-hybridized carbons (Fsp3) is 0.0556. The second-order valence-electron chi connectivity index (χ2n) is 6.27. The van der Waals surface area contributed by atoms with Gasteiger partial charge in [-0.25, -0.2) is 13.2 Å². The number of carbonyl (C=O) groups excluding carboxylic acids is 1. The van der Waals surface area contributed by atoms with E-state index in [2.05, 4.69) is 25.1 Å². The first kappa shape index (κ1) is 18.5. The number of aromatic nitrogens is 4. The zero-order chi connectivity index (χ0) is 20.6. The molecule has 2 aromatic heterocycles. The largest absolute Gasteiger partial charge is 0.323 e. The van der Waals surface area contributed by atoms with Crippen molar-refractivity contribution in [2.45, 2.75) is 4.90 Å². The SMILES string of the molecule is Cn1ccc(NC(=O)c2ccccc2NS(=O)(=O)c2ccc3[nH]c(=O)[nH]c3c2)n1. The summed E-state index contributed by atoms with van der Waals surface area (Å²) < 4.78 is 29.6. The van der Waals surface area contributed by atoms with Gasteiger partial charge in [-0.2, -0.15) is 5.10 Å². The summed E-state index contributed by atoms with van der Waals surface area (Å²) in [5.41, 5.74) is 0.670. The van der Waals surface area contributed by atoms with Crippen LogP contribution in [0.4, 0.5) is 11.5 Å². The number of rotatable bonds is 5. The third-order valence-corrected chi connectivity index (χ3v) is 5.53. The highest BCUT2D eigenvalue weighted by atomic mass is 32.2. The Morgan fingerprint density at radius 1 is 1.07 bits per heavy atom. The molecule has 0 aliphatic carbocycles. The van der Waals surface area contributed by atoms with Crippen molar-refractivity contribution in [3.8, 4) is 0 Å². The number of aryl methyl sites for hydroxylation is 1. The first-order chi connectivity index (χ1) is 13.8. The third kappa shape index (κ3) is 3.75. The minimum absolute atomic E-state index is 0.0554. The molecule has 11 heteroatoms. The minimum Gasteiger partial charge on any atom is -0.306 e. The summed E-state index contributed by atoms with van der Waals surface area (Å²) in [7, 11) is -2.29. The summed E-state index contributed by atoms with van der Waals surface area (Å²) in [4.78, 5) is 29.0. The van der Waals surface area contributed by atoms with E-state index in [0.717, 1.165) is 0 Å². The molecule has 2 aromatic carbocycles. The van der Waals surface area contributed by atoms with Gasteiger partial charge in [-0.1, -0.05) is 12.1 Å². The second kappa shape index (κ2) is 6.95. The lowest BCUT2D eigenvalue weighted by Crippen LogP contribution is -2.19. The van der Waals surface area contributed by atoms with E-state index in [1.165, 1.54) is 35.0 Å². The number of hydrogen-bond acceptors (Lipinski definition) is 5. The maximum absolute atomic E-state index is 12.8. The first-order valence-electron chi connectivity index (χ1n) is 8.47. The van der Waals surface area contributed by atoms with Crippen molar-refractivity contribution < 1.29 is 13.2 Å². The summed E-state index contributed by atoms with van der Waals surface area (Å²) in [5, 5.41) is 6.70. The molecule has 29 heavy (non-hydrogen) atoms. The number of sulfonamides is 1. The normalized spacial score (nSPS) is 11.5. The predicted octanol–water partition coefficient (Wildman–Crippen LogP) is 1.64. The molecule has 2 heterocycles. The molecule has 0 saturated carbocycles. The van der Waals surface area contributed by atoms with Crippen LogP contribution in [0.15, 0.2) is 64.4 Å². The number of carbonyl (C=O) groups is 1. The molecule has 0 spiro atoms. The summed E-state index contributed by atoms with van der Waals surface area (Å²) >= 11 is 0. The number of anilines is 2. The Hall–Kier alpha value is -3.86. The third-order valence-electron chi connectivity index (χ3n) is 4.17. The quantitative estimate of drug-likeness (QED) is 0.394. The highest BCUT2D eigenvalue weighted by Gasteiger charge is 2.20. The van der Waals surface area contributed by atoms with Crippen LogP contribution in [0, 0.1) is 0 Å². The molecule has 0 aliphatic heterocycles. The average Bonchev–Trinajstić information content (AvgIpc) is 3.25. The molecule has 10 nitrogen and oxygen atoms in total. The van der Waals surface area contributed by atoms with Crippen LogP contribution in [0.5, 0.6) is 0 Å². The van der Waals surface area contributed by atoms with E-state index in [9.17, 15) is 18.0 Å². The summed E-state index contributed by atoms with van der Waals surface area (Å²) in [6, 6.07) is 12.0. The Bertz CT molecular complexity index is 1380. The van der Waals surface area contributed by atoms with Gasteiger partial charge in [0.15, 0.2) is 5.82 Å². The number of fused-ring (bicyclic) bond motifs is 1. The van der Waals surface area contributed by atoms with Crippen molar-refractivity contribution in [1.82, 2.24) is 19.7 Å². The monoisotopic (exact) mass is 412 g/mol. The number of nitrogens with zero attached hydrogens (tertiary/aromatic N) is 2. The zero-order valence-electron chi connectivity index (χ0n) is 15.1. The standard InChI is InChI=1S/C18H16N6O4S/c1-24-9-8-16(22-24)21-17(25)12-4-2-3-5-13(12)23-29(27,28)11-6-7-14-15(10-11)20-18(26)19-14/h2-10,23H,1H3,(H2,19,20,26)(H,21,22,25). The van der Waals surface area contributed by atoms with Gasteiger partial charge in [-0.3, -0.25) is 14.2 Å². The van der Waals surface area contributed by atoms with Gasteiger partial charge >= 0.3 is 5.69 Å². The van der Waals surface area contributed by atoms with Crippen molar-refractivity contribution in [2.24, 2.45) is 7.05 Å². The average molecular weight is 412 g/mol. The first-order valence-corrected chi connectivity index (χ1v) is 9.95. The molecule has 0 saturated heterocycles. The Morgan fingerprint density at radius 2 is 1.83 bits per heavy atom. The number of imidazole rings is 1. The molecular weight excluding hydrogens is 396 g/mol. The van der Waals surface area contributed by atoms with Crippen LogP contribution in [0.2, 0.25) is 0 Å². The molecule has 148 valence electrons. The lowest BCUT2D eigenvalue weighted by molar-refractivity contribution is 0.102. The number of amides is 1. The smallest absolute Gasteiger partial charge is 0.306 e. The van der Waals surface area contributed by atoms with Crippen molar-refractivity contribution in [3.63, 3.8) is 0 Å². The molecule has 0 aliphatic rings. The lowest BCUT2D eigenvalue weighted by atomic mass is 10.1. The highest BCUT2D eigenvalue weighted by Crippen LogP contribution is 2.22. The summed E-state index contributed by atoms with van der Waals surface area (Å²) in [5.74, 6) is -0.163. The van der Waals surface area contributed by atoms with Gasteiger partial charge in [0.25, 0.3) is 15.9 Å². The van der Waals surface area contributed by atoms with Crippen LogP contribution in [0.1, 0.15) is 10.4 Å². The van der Waals surface area contributed by atoms with Gasteiger partial charge < -0.3 is 15.3 Å². The number of H-pyrrole nitrogens is 2. The van der Waals surface area contributed by atoms with Crippen LogP contribution in [0.3, 0.4) is 0 Å². The van der Waals surface area contributed by atoms with Crippen LogP contribution in [-0.4, -0.2) is 34.1 Å². The molecule has 1 amide bonds. The Kier molecular flexibility index (Phi) is 4.43. The summed E-state index contributed by atoms with van der Waals surface area (Å²) in [6.45, 7) is 0. The van der Waals surface area contributed by atoms with Gasteiger partial charge in [0.05, 0.1) is 27.2 Å². The molecule has 0 atom stereocenters. The number of benzene rings is 2. The maximum Gasteiger partial charge on any atom is 0.323 e. The fourth-order valence-electron chi connectivity index (χ4n) is 2.82.